The number of carbonyl (C=O) groups excluding carboxylic acids is 2. The maximum Gasteiger partial charge on any atom is 0.337 e. The van der Waals surface area contributed by atoms with Crippen LogP contribution in [0.2, 0.25) is 5.02 Å². The minimum Gasteiger partial charge on any atom is -0.487 e. The van der Waals surface area contributed by atoms with Crippen molar-refractivity contribution in [3.05, 3.63) is 104 Å². The highest BCUT2D eigenvalue weighted by atomic mass is 35.5. The zero-order valence-electron chi connectivity index (χ0n) is 18.4. The first-order valence-electron chi connectivity index (χ1n) is 10.1. The van der Waals surface area contributed by atoms with Crippen LogP contribution in [0.4, 0.5) is 11.4 Å². The number of nitrogens with zero attached hydrogens (tertiary/aromatic N) is 2. The minimum absolute atomic E-state index is 0.0422. The quantitative estimate of drug-likeness (QED) is 0.151. The number of halogens is 1. The van der Waals surface area contributed by atoms with Crippen molar-refractivity contribution in [2.45, 2.75) is 6.61 Å². The van der Waals surface area contributed by atoms with Crippen LogP contribution in [-0.2, 0) is 16.1 Å². The van der Waals surface area contributed by atoms with Gasteiger partial charge >= 0.3 is 5.97 Å². The zero-order chi connectivity index (χ0) is 25.4. The number of hydrogen-bond acceptors (Lipinski definition) is 7. The molecule has 0 unspecified atom stereocenters. The van der Waals surface area contributed by atoms with Crippen LogP contribution in [0.5, 0.6) is 5.75 Å². The first kappa shape index (κ1) is 25.0. The van der Waals surface area contributed by atoms with Crippen molar-refractivity contribution in [1.82, 2.24) is 0 Å². The number of ether oxygens (including phenoxy) is 2. The van der Waals surface area contributed by atoms with Gasteiger partial charge in [-0.1, -0.05) is 29.8 Å². The van der Waals surface area contributed by atoms with E-state index in [0.29, 0.717) is 28.1 Å². The van der Waals surface area contributed by atoms with Gasteiger partial charge in [0.25, 0.3) is 11.6 Å². The first-order valence-corrected chi connectivity index (χ1v) is 10.5. The minimum atomic E-state index is -0.638. The second kappa shape index (κ2) is 11.4. The van der Waals surface area contributed by atoms with Crippen molar-refractivity contribution in [2.75, 3.05) is 12.4 Å². The van der Waals surface area contributed by atoms with Crippen molar-refractivity contribution in [3.8, 4) is 11.8 Å². The predicted octanol–water partition coefficient (Wildman–Crippen LogP) is 5.16. The van der Waals surface area contributed by atoms with E-state index in [1.807, 2.05) is 6.07 Å². The lowest BCUT2D eigenvalue weighted by molar-refractivity contribution is -0.384. The molecule has 1 N–H and O–H groups in total. The Kier molecular flexibility index (Phi) is 8.16. The van der Waals surface area contributed by atoms with Crippen LogP contribution < -0.4 is 10.1 Å². The average molecular weight is 492 g/mol. The summed E-state index contributed by atoms with van der Waals surface area (Å²) in [6.45, 7) is 0.0667. The molecule has 0 aliphatic heterocycles. The molecule has 0 bridgehead atoms. The monoisotopic (exact) mass is 491 g/mol. The van der Waals surface area contributed by atoms with Crippen LogP contribution >= 0.6 is 11.6 Å². The number of carbonyl (C=O) groups is 2. The fourth-order valence-electron chi connectivity index (χ4n) is 2.97. The van der Waals surface area contributed by atoms with Crippen LogP contribution in [0.15, 0.2) is 72.3 Å². The van der Waals surface area contributed by atoms with Crippen molar-refractivity contribution in [2.24, 2.45) is 0 Å². The second-order valence-electron chi connectivity index (χ2n) is 7.10. The molecule has 1 amide bonds. The number of nitriles is 1. The highest BCUT2D eigenvalue weighted by molar-refractivity contribution is 6.32. The number of benzene rings is 3. The summed E-state index contributed by atoms with van der Waals surface area (Å²) in [7, 11) is 1.27. The normalized spacial score (nSPS) is 10.7. The van der Waals surface area contributed by atoms with E-state index in [0.717, 1.165) is 0 Å². The molecule has 0 spiro atoms. The Morgan fingerprint density at radius 3 is 2.51 bits per heavy atom. The molecule has 0 aliphatic rings. The van der Waals surface area contributed by atoms with Gasteiger partial charge in [0.05, 0.1) is 22.6 Å². The maximum atomic E-state index is 12.5. The summed E-state index contributed by atoms with van der Waals surface area (Å²) in [5, 5.41) is 23.2. The topological polar surface area (TPSA) is 132 Å². The first-order chi connectivity index (χ1) is 16.8. The number of methoxy groups -OCH3 is 1. The van der Waals surface area contributed by atoms with Gasteiger partial charge in [-0.3, -0.25) is 14.9 Å². The Morgan fingerprint density at radius 2 is 1.89 bits per heavy atom. The Bertz CT molecular complexity index is 1350. The third-order valence-electron chi connectivity index (χ3n) is 4.71. The summed E-state index contributed by atoms with van der Waals surface area (Å²) < 4.78 is 10.3. The van der Waals surface area contributed by atoms with Gasteiger partial charge in [0.15, 0.2) is 0 Å². The molecule has 0 aromatic heterocycles. The summed E-state index contributed by atoms with van der Waals surface area (Å²) >= 11 is 6.28. The van der Waals surface area contributed by atoms with Crippen LogP contribution in [0, 0.1) is 21.4 Å². The summed E-state index contributed by atoms with van der Waals surface area (Å²) in [6, 6.07) is 18.6. The zero-order valence-corrected chi connectivity index (χ0v) is 19.1. The SMILES string of the molecule is COC(=O)c1ccc(NC(=O)/C(C#N)=C/c2ccc(OCc3cccc([N+](=O)[O-])c3)c(Cl)c2)cc1. The molecule has 0 aliphatic carbocycles. The number of rotatable bonds is 8. The largest absolute Gasteiger partial charge is 0.487 e. The Morgan fingerprint density at radius 1 is 1.14 bits per heavy atom. The number of esters is 1. The number of nitro groups is 1. The molecular formula is C25H18ClN3O6. The summed E-state index contributed by atoms with van der Waals surface area (Å²) in [5.74, 6) is -0.806. The van der Waals surface area contributed by atoms with Crippen LogP contribution in [0.3, 0.4) is 0 Å². The van der Waals surface area contributed by atoms with Gasteiger partial charge in [0, 0.05) is 17.8 Å². The van der Waals surface area contributed by atoms with E-state index >= 15 is 0 Å². The smallest absolute Gasteiger partial charge is 0.337 e. The molecule has 3 aromatic carbocycles. The maximum absolute atomic E-state index is 12.5. The number of hydrogen-bond donors (Lipinski definition) is 1. The molecule has 0 saturated carbocycles. The van der Waals surface area contributed by atoms with Crippen molar-refractivity contribution < 1.29 is 24.0 Å². The fourth-order valence-corrected chi connectivity index (χ4v) is 3.21. The van der Waals surface area contributed by atoms with Gasteiger partial charge in [-0.15, -0.1) is 0 Å². The number of amides is 1. The Labute approximate surface area is 205 Å². The van der Waals surface area contributed by atoms with Gasteiger partial charge in [-0.25, -0.2) is 4.79 Å². The van der Waals surface area contributed by atoms with Gasteiger partial charge in [0.2, 0.25) is 0 Å². The van der Waals surface area contributed by atoms with Crippen LogP contribution in [0.1, 0.15) is 21.5 Å². The predicted molar refractivity (Wildman–Crippen MR) is 129 cm³/mol. The number of anilines is 1. The Hall–Kier alpha value is -4.68. The van der Waals surface area contributed by atoms with Gasteiger partial charge in [-0.2, -0.15) is 5.26 Å². The molecule has 0 saturated heterocycles. The fraction of sp³-hybridized carbons (Fsp3) is 0.0800. The molecular weight excluding hydrogens is 474 g/mol. The number of nitro benzene ring substituents is 1. The molecule has 0 atom stereocenters. The number of nitrogens with one attached hydrogen (secondary N) is 1. The molecule has 9 nitrogen and oxygen atoms in total. The van der Waals surface area contributed by atoms with Crippen LogP contribution in [-0.4, -0.2) is 23.9 Å². The molecule has 0 radical (unpaired) electrons. The lowest BCUT2D eigenvalue weighted by Gasteiger charge is -2.09. The van der Waals surface area contributed by atoms with Crippen molar-refractivity contribution >= 4 is 40.9 Å². The van der Waals surface area contributed by atoms with Gasteiger partial charge in [-0.05, 0) is 53.6 Å². The molecule has 176 valence electrons. The summed E-state index contributed by atoms with van der Waals surface area (Å²) in [4.78, 5) is 34.4. The van der Waals surface area contributed by atoms with E-state index in [-0.39, 0.29) is 22.9 Å². The second-order valence-corrected chi connectivity index (χ2v) is 7.51. The standard InChI is InChI=1S/C25H18ClN3O6/c1-34-25(31)18-6-8-20(9-7-18)28-24(30)19(14-27)11-16-5-10-23(22(26)13-16)35-15-17-3-2-4-21(12-17)29(32)33/h2-13H,15H2,1H3,(H,28,30)/b19-11+. The summed E-state index contributed by atoms with van der Waals surface area (Å²) in [6.07, 6.45) is 1.37. The van der Waals surface area contributed by atoms with E-state index < -0.39 is 16.8 Å². The van der Waals surface area contributed by atoms with E-state index in [9.17, 15) is 25.0 Å². The molecule has 0 fully saturated rings. The molecule has 10 heteroatoms. The molecule has 3 aromatic rings. The van der Waals surface area contributed by atoms with E-state index in [1.165, 1.54) is 55.7 Å². The average Bonchev–Trinajstić information content (AvgIpc) is 2.86. The van der Waals surface area contributed by atoms with E-state index in [4.69, 9.17) is 16.3 Å². The Balaban J connectivity index is 1.68. The number of non-ortho nitro benzene ring substituents is 1. The molecule has 35 heavy (non-hydrogen) atoms. The van der Waals surface area contributed by atoms with Crippen molar-refractivity contribution in [1.29, 1.82) is 5.26 Å². The molecule has 3 rings (SSSR count). The third kappa shape index (κ3) is 6.66. The lowest BCUT2D eigenvalue weighted by Crippen LogP contribution is -2.13. The highest BCUT2D eigenvalue weighted by Crippen LogP contribution is 2.28. The highest BCUT2D eigenvalue weighted by Gasteiger charge is 2.12. The lowest BCUT2D eigenvalue weighted by atomic mass is 10.1. The van der Waals surface area contributed by atoms with Gasteiger partial charge in [0.1, 0.15) is 24.0 Å². The summed E-state index contributed by atoms with van der Waals surface area (Å²) in [5.41, 5.74) is 1.60. The van der Waals surface area contributed by atoms with Gasteiger partial charge < -0.3 is 14.8 Å². The third-order valence-corrected chi connectivity index (χ3v) is 5.01. The molecule has 0 heterocycles. The van der Waals surface area contributed by atoms with E-state index in [2.05, 4.69) is 10.1 Å². The van der Waals surface area contributed by atoms with Crippen molar-refractivity contribution in [3.63, 3.8) is 0 Å². The van der Waals surface area contributed by atoms with Crippen LogP contribution in [0.25, 0.3) is 6.08 Å². The van der Waals surface area contributed by atoms with E-state index in [1.54, 1.807) is 24.3 Å².